The minimum absolute atomic E-state index is 0.0563. The Labute approximate surface area is 433 Å². The molecule has 25 heteroatoms. The summed E-state index contributed by atoms with van der Waals surface area (Å²) >= 11 is 0. The van der Waals surface area contributed by atoms with Gasteiger partial charge in [0.1, 0.15) is 18.1 Å². The fourth-order valence-corrected chi connectivity index (χ4v) is 7.82. The molecule has 2 aromatic carbocycles. The molecule has 3 rings (SSSR count). The van der Waals surface area contributed by atoms with Gasteiger partial charge in [-0.15, -0.1) is 0 Å². The summed E-state index contributed by atoms with van der Waals surface area (Å²) in [6, 6.07) is 6.72. The first-order valence-electron chi connectivity index (χ1n) is 24.2. The van der Waals surface area contributed by atoms with Crippen LogP contribution in [-0.2, 0) is 51.3 Å². The Morgan fingerprint density at radius 2 is 1.08 bits per heavy atom. The van der Waals surface area contributed by atoms with Crippen molar-refractivity contribution < 1.29 is 78.6 Å². The summed E-state index contributed by atoms with van der Waals surface area (Å²) in [7, 11) is 0. The number of aryl methyl sites for hydroxylation is 1. The van der Waals surface area contributed by atoms with Crippen molar-refractivity contribution in [1.82, 2.24) is 46.2 Å². The summed E-state index contributed by atoms with van der Waals surface area (Å²) in [5.41, 5.74) is 3.39. The monoisotopic (exact) mass is 1050 g/mol. The standard InChI is InChI=1S/C50H69N9O16/c1-3-4-7-37-26-35(10-9-33(37)2)27-40(47(70)51-17-6-5-8-38(48(71)72)54-50(75)55-39(49(73)74)15-16-42(61)62)53-46(69)36-13-11-34(12-14-36)28-52-41(60)29-56-18-20-57(30-43(63)64)22-24-59(32-45(67)68)25-23-58(21-19-56)31-44(65)66/h3-4,7,9-14,26,38-40H,1,5-6,8,15-25,27-32H2,2H3,(H,51,70)(H,52,60)(H,53,69)(H,61,62)(H,63,64)(H,65,66)(H,67,68)(H,71,72)(H,73,74)(H2,54,55,75)/b7-4-/t38-,39-,40?/m0/s1. The van der Waals surface area contributed by atoms with Gasteiger partial charge in [0.2, 0.25) is 11.8 Å². The predicted molar refractivity (Wildman–Crippen MR) is 271 cm³/mol. The van der Waals surface area contributed by atoms with E-state index in [4.69, 9.17) is 5.11 Å². The first-order valence-corrected chi connectivity index (χ1v) is 24.2. The number of rotatable bonds is 29. The normalized spacial score (nSPS) is 15.4. The quantitative estimate of drug-likeness (QED) is 0.0377. The highest BCUT2D eigenvalue weighted by molar-refractivity contribution is 5.97. The van der Waals surface area contributed by atoms with Crippen LogP contribution in [0.25, 0.3) is 6.08 Å². The van der Waals surface area contributed by atoms with Crippen LogP contribution >= 0.6 is 0 Å². The van der Waals surface area contributed by atoms with Crippen molar-refractivity contribution >= 4 is 65.6 Å². The number of carboxylic acids is 6. The van der Waals surface area contributed by atoms with Gasteiger partial charge in [-0.05, 0) is 67.0 Å². The molecular weight excluding hydrogens is 983 g/mol. The topological polar surface area (TPSA) is 365 Å². The van der Waals surface area contributed by atoms with E-state index in [2.05, 4.69) is 33.2 Å². The number of carboxylic acid groups (broad SMARTS) is 6. The number of hydrogen-bond acceptors (Lipinski definition) is 14. The maximum Gasteiger partial charge on any atom is 0.326 e. The molecule has 3 atom stereocenters. The molecule has 75 heavy (non-hydrogen) atoms. The lowest BCUT2D eigenvalue weighted by molar-refractivity contribution is -0.141. The highest BCUT2D eigenvalue weighted by atomic mass is 16.4. The molecule has 0 aliphatic carbocycles. The second-order valence-electron chi connectivity index (χ2n) is 17.9. The predicted octanol–water partition coefficient (Wildman–Crippen LogP) is -0.0162. The zero-order chi connectivity index (χ0) is 55.5. The molecule has 0 aromatic heterocycles. The Hall–Kier alpha value is -7.74. The number of unbranched alkanes of at least 4 members (excludes halogenated alkanes) is 1. The molecule has 1 unspecified atom stereocenters. The molecule has 11 N–H and O–H groups in total. The van der Waals surface area contributed by atoms with Crippen molar-refractivity contribution in [2.45, 2.75) is 70.1 Å². The molecule has 1 heterocycles. The molecule has 1 aliphatic rings. The smallest absolute Gasteiger partial charge is 0.326 e. The Morgan fingerprint density at radius 3 is 1.56 bits per heavy atom. The Balaban J connectivity index is 1.66. The number of nitrogens with zero attached hydrogens (tertiary/aromatic N) is 4. The molecule has 1 fully saturated rings. The number of hydrogen-bond donors (Lipinski definition) is 11. The highest BCUT2D eigenvalue weighted by Gasteiger charge is 2.27. The zero-order valence-electron chi connectivity index (χ0n) is 41.9. The van der Waals surface area contributed by atoms with Crippen molar-refractivity contribution in [3.63, 3.8) is 0 Å². The molecule has 5 amide bonds. The lowest BCUT2D eigenvalue weighted by atomic mass is 9.99. The number of benzene rings is 2. The number of aliphatic carboxylic acids is 6. The summed E-state index contributed by atoms with van der Waals surface area (Å²) in [6.07, 6.45) is 4.70. The molecule has 0 saturated carbocycles. The van der Waals surface area contributed by atoms with Crippen LogP contribution in [0.4, 0.5) is 4.79 Å². The number of urea groups is 1. The minimum Gasteiger partial charge on any atom is -0.481 e. The van der Waals surface area contributed by atoms with Gasteiger partial charge in [-0.1, -0.05) is 55.1 Å². The van der Waals surface area contributed by atoms with E-state index in [-0.39, 0.29) is 129 Å². The van der Waals surface area contributed by atoms with Gasteiger partial charge in [0.15, 0.2) is 0 Å². The number of amides is 5. The maximum atomic E-state index is 13.7. The van der Waals surface area contributed by atoms with E-state index in [1.807, 2.05) is 31.2 Å². The second-order valence-corrected chi connectivity index (χ2v) is 17.9. The van der Waals surface area contributed by atoms with Crippen LogP contribution in [0.5, 0.6) is 0 Å². The van der Waals surface area contributed by atoms with E-state index in [9.17, 15) is 73.5 Å². The third-order valence-corrected chi connectivity index (χ3v) is 12.0. The zero-order valence-corrected chi connectivity index (χ0v) is 41.9. The molecule has 0 bridgehead atoms. The summed E-state index contributed by atoms with van der Waals surface area (Å²) in [5, 5.41) is 69.0. The van der Waals surface area contributed by atoms with Crippen molar-refractivity contribution in [1.29, 1.82) is 0 Å². The number of carbonyl (C=O) groups is 10. The van der Waals surface area contributed by atoms with E-state index in [1.165, 1.54) is 12.1 Å². The number of allylic oxidation sites excluding steroid dienone is 2. The van der Waals surface area contributed by atoms with Crippen molar-refractivity contribution in [3.05, 3.63) is 89.0 Å². The third kappa shape index (κ3) is 24.7. The highest BCUT2D eigenvalue weighted by Crippen LogP contribution is 2.16. The minimum atomic E-state index is -1.57. The van der Waals surface area contributed by atoms with Crippen LogP contribution < -0.4 is 26.6 Å². The van der Waals surface area contributed by atoms with Gasteiger partial charge in [0.25, 0.3) is 5.91 Å². The fourth-order valence-electron chi connectivity index (χ4n) is 7.82. The summed E-state index contributed by atoms with van der Waals surface area (Å²) in [6.45, 7) is 6.66. The largest absolute Gasteiger partial charge is 0.481 e. The van der Waals surface area contributed by atoms with Crippen LogP contribution in [0.1, 0.15) is 64.7 Å². The fraction of sp³-hybridized carbons (Fsp3) is 0.480. The molecule has 0 spiro atoms. The van der Waals surface area contributed by atoms with Gasteiger partial charge in [0.05, 0.1) is 26.2 Å². The van der Waals surface area contributed by atoms with Crippen LogP contribution in [-0.4, -0.2) is 213 Å². The molecule has 0 radical (unpaired) electrons. The van der Waals surface area contributed by atoms with Gasteiger partial charge >= 0.3 is 41.8 Å². The molecule has 25 nitrogen and oxygen atoms in total. The van der Waals surface area contributed by atoms with E-state index in [0.717, 1.165) is 16.7 Å². The molecule has 1 saturated heterocycles. The molecule has 1 aliphatic heterocycles. The summed E-state index contributed by atoms with van der Waals surface area (Å²) in [5.74, 6) is -8.87. The number of carbonyl (C=O) groups excluding carboxylic acids is 4. The first kappa shape index (κ1) is 61.6. The Bertz CT molecular complexity index is 2310. The van der Waals surface area contributed by atoms with Crippen molar-refractivity contribution in [2.75, 3.05) is 85.1 Å². The van der Waals surface area contributed by atoms with E-state index in [1.54, 1.807) is 43.9 Å². The maximum absolute atomic E-state index is 13.7. The molecular formula is C50H69N9O16. The van der Waals surface area contributed by atoms with Gasteiger partial charge < -0.3 is 57.2 Å². The third-order valence-electron chi connectivity index (χ3n) is 12.0. The van der Waals surface area contributed by atoms with Crippen LogP contribution in [0, 0.1) is 6.92 Å². The van der Waals surface area contributed by atoms with E-state index < -0.39 is 84.6 Å². The average molecular weight is 1050 g/mol. The van der Waals surface area contributed by atoms with Gasteiger partial charge in [-0.3, -0.25) is 53.2 Å². The van der Waals surface area contributed by atoms with Crippen LogP contribution in [0.15, 0.2) is 61.2 Å². The SMILES string of the molecule is C=C/C=C\c1cc(CC(NC(=O)c2ccc(CNC(=O)CN3CCN(CC(=O)O)CCN(CC(=O)O)CCN(CC(=O)O)CC3)cc2)C(=O)NCCCC[C@H](NC(=O)N[C@@H](CCC(=O)O)C(=O)O)C(=O)O)ccc1C. The van der Waals surface area contributed by atoms with Crippen LogP contribution in [0.3, 0.4) is 0 Å². The molecule has 410 valence electrons. The van der Waals surface area contributed by atoms with Gasteiger partial charge in [0, 0.05) is 83.9 Å². The van der Waals surface area contributed by atoms with Crippen molar-refractivity contribution in [3.8, 4) is 0 Å². The lowest BCUT2D eigenvalue weighted by Gasteiger charge is -2.32. The summed E-state index contributed by atoms with van der Waals surface area (Å²) < 4.78 is 0. The van der Waals surface area contributed by atoms with Crippen LogP contribution in [0.2, 0.25) is 0 Å². The lowest BCUT2D eigenvalue weighted by Crippen LogP contribution is -2.51. The van der Waals surface area contributed by atoms with Crippen molar-refractivity contribution in [2.24, 2.45) is 0 Å². The van der Waals surface area contributed by atoms with Gasteiger partial charge in [-0.25, -0.2) is 14.4 Å². The second kappa shape index (κ2) is 32.4. The molecule has 2 aromatic rings. The Kier molecular flexibility index (Phi) is 26.6. The number of nitrogens with one attached hydrogen (secondary N) is 5. The van der Waals surface area contributed by atoms with Gasteiger partial charge in [-0.2, -0.15) is 0 Å². The summed E-state index contributed by atoms with van der Waals surface area (Å²) in [4.78, 5) is 129. The van der Waals surface area contributed by atoms with E-state index in [0.29, 0.717) is 5.56 Å². The average Bonchev–Trinajstić information content (AvgIpc) is 3.34. The van der Waals surface area contributed by atoms with E-state index >= 15 is 0 Å². The Morgan fingerprint density at radius 1 is 0.587 bits per heavy atom. The first-order chi connectivity index (χ1) is 35.6.